The summed E-state index contributed by atoms with van der Waals surface area (Å²) in [5, 5.41) is 2.74. The van der Waals surface area contributed by atoms with E-state index < -0.39 is 0 Å². The Hall–Kier alpha value is -2.72. The van der Waals surface area contributed by atoms with Gasteiger partial charge in [0, 0.05) is 28.0 Å². The van der Waals surface area contributed by atoms with Crippen molar-refractivity contribution in [2.75, 3.05) is 5.73 Å². The number of thioether (sulfide) groups is 1. The highest BCUT2D eigenvalue weighted by atomic mass is 32.2. The number of hydrogen-bond donors (Lipinski definition) is 1. The van der Waals surface area contributed by atoms with Gasteiger partial charge in [-0.1, -0.05) is 48.7 Å². The monoisotopic (exact) mass is 363 g/mol. The van der Waals surface area contributed by atoms with Crippen LogP contribution in [0, 0.1) is 6.92 Å². The molecule has 0 aliphatic rings. The van der Waals surface area contributed by atoms with Crippen molar-refractivity contribution >= 4 is 33.3 Å². The molecule has 132 valence electrons. The molecule has 1 aromatic heterocycles. The molecule has 0 atom stereocenters. The van der Waals surface area contributed by atoms with Gasteiger partial charge in [-0.15, -0.1) is 0 Å². The Kier molecular flexibility index (Phi) is 5.33. The molecular weight excluding hydrogens is 342 g/mol. The summed E-state index contributed by atoms with van der Waals surface area (Å²) in [5.74, 6) is 0. The van der Waals surface area contributed by atoms with Crippen LogP contribution in [0.1, 0.15) is 29.2 Å². The Morgan fingerprint density at radius 1 is 1.27 bits per heavy atom. The van der Waals surface area contributed by atoms with E-state index in [4.69, 9.17) is 10.2 Å². The van der Waals surface area contributed by atoms with Crippen LogP contribution in [0.5, 0.6) is 0 Å². The highest BCUT2D eigenvalue weighted by Crippen LogP contribution is 2.31. The zero-order chi connectivity index (χ0) is 18.7. The van der Waals surface area contributed by atoms with E-state index in [2.05, 4.69) is 6.58 Å². The summed E-state index contributed by atoms with van der Waals surface area (Å²) in [6, 6.07) is 13.6. The van der Waals surface area contributed by atoms with Gasteiger partial charge in [0.15, 0.2) is 0 Å². The van der Waals surface area contributed by atoms with Crippen LogP contribution in [-0.4, -0.2) is 0 Å². The van der Waals surface area contributed by atoms with Crippen LogP contribution in [0.15, 0.2) is 69.7 Å². The van der Waals surface area contributed by atoms with Crippen LogP contribution in [0.25, 0.3) is 15.9 Å². The normalized spacial score (nSPS) is 11.7. The number of nitrogen functional groups attached to an aromatic ring is 1. The Morgan fingerprint density at radius 3 is 2.77 bits per heavy atom. The average molecular weight is 363 g/mol. The highest BCUT2D eigenvalue weighted by molar-refractivity contribution is 8.10. The van der Waals surface area contributed by atoms with Gasteiger partial charge in [0.05, 0.1) is 0 Å². The van der Waals surface area contributed by atoms with Crippen molar-refractivity contribution in [3.05, 3.63) is 93.2 Å². The molecule has 3 rings (SSSR count). The molecule has 0 saturated carbocycles. The van der Waals surface area contributed by atoms with Gasteiger partial charge >= 0.3 is 5.63 Å². The van der Waals surface area contributed by atoms with Crippen molar-refractivity contribution in [1.29, 1.82) is 0 Å². The Bertz CT molecular complexity index is 1060. The first-order chi connectivity index (χ1) is 12.5. The topological polar surface area (TPSA) is 56.2 Å². The predicted octanol–water partition coefficient (Wildman–Crippen LogP) is 5.51. The zero-order valence-electron chi connectivity index (χ0n) is 14.9. The summed E-state index contributed by atoms with van der Waals surface area (Å²) in [5.41, 5.74) is 10.5. The molecule has 0 aliphatic carbocycles. The lowest BCUT2D eigenvalue weighted by Crippen LogP contribution is -2.11. The lowest BCUT2D eigenvalue weighted by atomic mass is 9.98. The predicted molar refractivity (Wildman–Crippen MR) is 112 cm³/mol. The number of rotatable bonds is 5. The zero-order valence-corrected chi connectivity index (χ0v) is 15.7. The van der Waals surface area contributed by atoms with Crippen molar-refractivity contribution in [2.24, 2.45) is 0 Å². The minimum Gasteiger partial charge on any atom is -0.422 e. The summed E-state index contributed by atoms with van der Waals surface area (Å²) in [6.07, 6.45) is 2.52. The molecule has 0 radical (unpaired) electrons. The highest BCUT2D eigenvalue weighted by Gasteiger charge is 2.13. The van der Waals surface area contributed by atoms with Gasteiger partial charge in [-0.05, 0) is 54.1 Å². The van der Waals surface area contributed by atoms with E-state index in [9.17, 15) is 4.79 Å². The lowest BCUT2D eigenvalue weighted by Gasteiger charge is -2.10. The first-order valence-corrected chi connectivity index (χ1v) is 9.26. The van der Waals surface area contributed by atoms with Crippen LogP contribution in [0.2, 0.25) is 0 Å². The third-order valence-corrected chi connectivity index (χ3v) is 5.27. The maximum Gasteiger partial charge on any atom is 0.340 e. The lowest BCUT2D eigenvalue weighted by molar-refractivity contribution is 0.551. The second-order valence-electron chi connectivity index (χ2n) is 6.06. The third kappa shape index (κ3) is 3.60. The molecule has 2 aromatic carbocycles. The summed E-state index contributed by atoms with van der Waals surface area (Å²) in [7, 11) is 0. The summed E-state index contributed by atoms with van der Waals surface area (Å²) in [4.78, 5) is 13.7. The molecule has 3 nitrogen and oxygen atoms in total. The van der Waals surface area contributed by atoms with Crippen LogP contribution in [0.4, 0.5) is 5.69 Å². The van der Waals surface area contributed by atoms with Gasteiger partial charge in [0.2, 0.25) is 0 Å². The second-order valence-corrected chi connectivity index (χ2v) is 7.07. The smallest absolute Gasteiger partial charge is 0.340 e. The fourth-order valence-electron chi connectivity index (χ4n) is 3.05. The van der Waals surface area contributed by atoms with E-state index in [-0.39, 0.29) is 5.63 Å². The Labute approximate surface area is 157 Å². The van der Waals surface area contributed by atoms with Crippen LogP contribution < -0.4 is 11.4 Å². The van der Waals surface area contributed by atoms with E-state index >= 15 is 0 Å². The molecule has 0 spiro atoms. The summed E-state index contributed by atoms with van der Waals surface area (Å²) in [6.45, 7) is 7.71. The van der Waals surface area contributed by atoms with Gasteiger partial charge in [-0.2, -0.15) is 0 Å². The number of nitrogens with two attached hydrogens (primary N) is 1. The molecule has 0 amide bonds. The first kappa shape index (κ1) is 18.1. The largest absolute Gasteiger partial charge is 0.422 e. The molecule has 0 unspecified atom stereocenters. The number of anilines is 1. The van der Waals surface area contributed by atoms with Gasteiger partial charge in [0.1, 0.15) is 5.58 Å². The molecule has 4 heteroatoms. The molecule has 0 saturated heterocycles. The molecule has 26 heavy (non-hydrogen) atoms. The number of fused-ring (bicyclic) bond motifs is 1. The minimum absolute atomic E-state index is 0.298. The number of hydrogen-bond acceptors (Lipinski definition) is 4. The molecular formula is C22H21NO2S. The van der Waals surface area contributed by atoms with E-state index in [1.807, 2.05) is 62.4 Å². The number of benzene rings is 2. The second kappa shape index (κ2) is 7.67. The average Bonchev–Trinajstić information content (AvgIpc) is 2.63. The van der Waals surface area contributed by atoms with Crippen molar-refractivity contribution in [3.8, 4) is 0 Å². The van der Waals surface area contributed by atoms with E-state index in [1.54, 1.807) is 17.2 Å². The van der Waals surface area contributed by atoms with Crippen molar-refractivity contribution in [1.82, 2.24) is 0 Å². The van der Waals surface area contributed by atoms with Crippen LogP contribution in [0.3, 0.4) is 0 Å². The maximum absolute atomic E-state index is 12.6. The molecule has 0 fully saturated rings. The fourth-order valence-corrected chi connectivity index (χ4v) is 3.63. The van der Waals surface area contributed by atoms with Crippen molar-refractivity contribution < 1.29 is 4.42 Å². The Balaban J connectivity index is 2.08. The molecule has 1 heterocycles. The van der Waals surface area contributed by atoms with E-state index in [0.717, 1.165) is 27.0 Å². The summed E-state index contributed by atoms with van der Waals surface area (Å²) < 4.78 is 5.64. The molecule has 0 aliphatic heterocycles. The number of aryl methyl sites for hydroxylation is 1. The number of allylic oxidation sites excluding steroid dienone is 1. The Morgan fingerprint density at radius 2 is 2.08 bits per heavy atom. The van der Waals surface area contributed by atoms with Crippen molar-refractivity contribution in [2.45, 2.75) is 20.3 Å². The third-order valence-electron chi connectivity index (χ3n) is 4.38. The maximum atomic E-state index is 12.6. The summed E-state index contributed by atoms with van der Waals surface area (Å²) >= 11 is 1.55. The fraction of sp³-hybridized carbons (Fsp3) is 0.136. The van der Waals surface area contributed by atoms with Gasteiger partial charge in [-0.25, -0.2) is 4.79 Å². The quantitative estimate of drug-likeness (QED) is 0.479. The van der Waals surface area contributed by atoms with Crippen molar-refractivity contribution in [3.63, 3.8) is 0 Å². The van der Waals surface area contributed by atoms with Gasteiger partial charge < -0.3 is 10.2 Å². The standard InChI is InChI=1S/C22H21NO2S/c1-4-21(26-5-2)16-9-10-18-14(3)19(22(24)25-20(18)13-16)12-15-7-6-8-17(23)11-15/h4-11,13H,2,12,23H2,1,3H3/b21-4-. The molecule has 2 N–H and O–H groups in total. The van der Waals surface area contributed by atoms with Crippen LogP contribution in [-0.2, 0) is 6.42 Å². The first-order valence-electron chi connectivity index (χ1n) is 8.38. The van der Waals surface area contributed by atoms with Crippen LogP contribution >= 0.6 is 11.8 Å². The SMILES string of the molecule is C=CS/C(=C\C)c1ccc2c(C)c(Cc3cccc(N)c3)c(=O)oc2c1. The van der Waals surface area contributed by atoms with E-state index in [1.165, 1.54) is 0 Å². The van der Waals surface area contributed by atoms with E-state index in [0.29, 0.717) is 23.3 Å². The van der Waals surface area contributed by atoms with Gasteiger partial charge in [-0.3, -0.25) is 0 Å². The van der Waals surface area contributed by atoms with Gasteiger partial charge in [0.25, 0.3) is 0 Å². The molecule has 0 bridgehead atoms. The molecule has 3 aromatic rings. The minimum atomic E-state index is -0.298.